The number of nitrogens with one attached hydrogen (secondary N) is 1. The van der Waals surface area contributed by atoms with Crippen LogP contribution in [0.25, 0.3) is 16.9 Å². The van der Waals surface area contributed by atoms with Crippen LogP contribution < -0.4 is 5.32 Å². The molecule has 0 aliphatic carbocycles. The minimum absolute atomic E-state index is 0.00934. The predicted molar refractivity (Wildman–Crippen MR) is 89.0 cm³/mol. The summed E-state index contributed by atoms with van der Waals surface area (Å²) >= 11 is 0. The van der Waals surface area contributed by atoms with Crippen LogP contribution in [0.4, 0.5) is 5.69 Å². The maximum atomic E-state index is 12.0. The van der Waals surface area contributed by atoms with E-state index < -0.39 is 5.41 Å². The van der Waals surface area contributed by atoms with Gasteiger partial charge < -0.3 is 5.32 Å². The molecule has 0 atom stereocenters. The number of anilines is 1. The van der Waals surface area contributed by atoms with Gasteiger partial charge in [-0.25, -0.2) is 0 Å². The number of hydrogen-bond acceptors (Lipinski definition) is 4. The largest absolute Gasteiger partial charge is 0.326 e. The third-order valence-electron chi connectivity index (χ3n) is 3.54. The van der Waals surface area contributed by atoms with Crippen LogP contribution >= 0.6 is 0 Å². The molecule has 1 N–H and O–H groups in total. The summed E-state index contributed by atoms with van der Waals surface area (Å²) in [5, 5.41) is 15.5. The molecule has 118 valence electrons. The van der Waals surface area contributed by atoms with Gasteiger partial charge in [0.05, 0.1) is 5.69 Å². The van der Waals surface area contributed by atoms with E-state index in [0.29, 0.717) is 0 Å². The van der Waals surface area contributed by atoms with Crippen LogP contribution in [0.3, 0.4) is 0 Å². The van der Waals surface area contributed by atoms with Gasteiger partial charge >= 0.3 is 0 Å². The minimum atomic E-state index is -0.419. The van der Waals surface area contributed by atoms with Gasteiger partial charge in [0.15, 0.2) is 11.5 Å². The van der Waals surface area contributed by atoms with Crippen LogP contribution in [0.2, 0.25) is 0 Å². The van der Waals surface area contributed by atoms with Crippen molar-refractivity contribution in [3.63, 3.8) is 0 Å². The van der Waals surface area contributed by atoms with Gasteiger partial charge in [-0.3, -0.25) is 4.79 Å². The van der Waals surface area contributed by atoms with E-state index in [0.717, 1.165) is 28.4 Å². The van der Waals surface area contributed by atoms with Gasteiger partial charge in [-0.2, -0.15) is 9.61 Å². The number of aryl methyl sites for hydroxylation is 1. The van der Waals surface area contributed by atoms with Crippen molar-refractivity contribution in [1.82, 2.24) is 19.8 Å². The average Bonchev–Trinajstić information content (AvgIpc) is 2.88. The molecule has 1 aromatic carbocycles. The SMILES string of the molecule is Cc1nnc2ccc(-c3ccc(NC(=O)C(C)(C)C)cc3)nn12. The zero-order valence-electron chi connectivity index (χ0n) is 13.7. The molecule has 3 rings (SSSR count). The van der Waals surface area contributed by atoms with Crippen molar-refractivity contribution < 1.29 is 4.79 Å². The molecule has 6 nitrogen and oxygen atoms in total. The number of benzene rings is 1. The minimum Gasteiger partial charge on any atom is -0.326 e. The first-order chi connectivity index (χ1) is 10.8. The van der Waals surface area contributed by atoms with Gasteiger partial charge in [0.1, 0.15) is 0 Å². The number of rotatable bonds is 2. The van der Waals surface area contributed by atoms with E-state index in [9.17, 15) is 4.79 Å². The fraction of sp³-hybridized carbons (Fsp3) is 0.294. The molecule has 0 fully saturated rings. The number of carbonyl (C=O) groups is 1. The highest BCUT2D eigenvalue weighted by atomic mass is 16.2. The van der Waals surface area contributed by atoms with Gasteiger partial charge in [-0.05, 0) is 31.2 Å². The molecule has 0 aliphatic heterocycles. The number of fused-ring (bicyclic) bond motifs is 1. The van der Waals surface area contributed by atoms with E-state index in [-0.39, 0.29) is 5.91 Å². The summed E-state index contributed by atoms with van der Waals surface area (Å²) < 4.78 is 1.71. The quantitative estimate of drug-likeness (QED) is 0.789. The number of amides is 1. The van der Waals surface area contributed by atoms with E-state index in [1.165, 1.54) is 0 Å². The van der Waals surface area contributed by atoms with Crippen LogP contribution in [-0.4, -0.2) is 25.7 Å². The van der Waals surface area contributed by atoms with Crippen LogP contribution in [-0.2, 0) is 4.79 Å². The molecule has 0 radical (unpaired) electrons. The Morgan fingerprint density at radius 2 is 1.74 bits per heavy atom. The van der Waals surface area contributed by atoms with Crippen molar-refractivity contribution in [2.75, 3.05) is 5.32 Å². The Morgan fingerprint density at radius 3 is 2.39 bits per heavy atom. The van der Waals surface area contributed by atoms with Crippen molar-refractivity contribution in [2.24, 2.45) is 5.41 Å². The molecule has 2 heterocycles. The monoisotopic (exact) mass is 309 g/mol. The third-order valence-corrected chi connectivity index (χ3v) is 3.54. The molecule has 3 aromatic rings. The van der Waals surface area contributed by atoms with Crippen molar-refractivity contribution >= 4 is 17.2 Å². The van der Waals surface area contributed by atoms with Crippen molar-refractivity contribution in [3.05, 3.63) is 42.2 Å². The van der Waals surface area contributed by atoms with Crippen LogP contribution in [0, 0.1) is 12.3 Å². The third kappa shape index (κ3) is 3.06. The first-order valence-electron chi connectivity index (χ1n) is 7.45. The Bertz CT molecular complexity index is 859. The van der Waals surface area contributed by atoms with Crippen LogP contribution in [0.5, 0.6) is 0 Å². The Morgan fingerprint density at radius 1 is 1.04 bits per heavy atom. The lowest BCUT2D eigenvalue weighted by Crippen LogP contribution is -2.27. The van der Waals surface area contributed by atoms with Gasteiger partial charge in [0.2, 0.25) is 5.91 Å². The molecule has 0 spiro atoms. The fourth-order valence-corrected chi connectivity index (χ4v) is 2.09. The van der Waals surface area contributed by atoms with E-state index in [2.05, 4.69) is 20.6 Å². The molecular weight excluding hydrogens is 290 g/mol. The summed E-state index contributed by atoms with van der Waals surface area (Å²) in [5.74, 6) is 0.737. The number of carbonyl (C=O) groups excluding carboxylic acids is 1. The van der Waals surface area contributed by atoms with Crippen molar-refractivity contribution in [3.8, 4) is 11.3 Å². The van der Waals surface area contributed by atoms with E-state index in [1.807, 2.05) is 64.1 Å². The van der Waals surface area contributed by atoms with Crippen molar-refractivity contribution in [1.29, 1.82) is 0 Å². The molecule has 0 saturated carbocycles. The normalized spacial score (nSPS) is 11.7. The molecule has 1 amide bonds. The highest BCUT2D eigenvalue weighted by Gasteiger charge is 2.21. The lowest BCUT2D eigenvalue weighted by atomic mass is 9.95. The molecule has 6 heteroatoms. The lowest BCUT2D eigenvalue weighted by Gasteiger charge is -2.17. The summed E-state index contributed by atoms with van der Waals surface area (Å²) in [6.07, 6.45) is 0. The van der Waals surface area contributed by atoms with E-state index in [4.69, 9.17) is 0 Å². The summed E-state index contributed by atoms with van der Waals surface area (Å²) in [6, 6.07) is 11.4. The molecule has 2 aromatic heterocycles. The Balaban J connectivity index is 1.86. The fourth-order valence-electron chi connectivity index (χ4n) is 2.09. The standard InChI is InChI=1S/C17H19N5O/c1-11-19-20-15-10-9-14(21-22(11)15)12-5-7-13(8-6-12)18-16(23)17(2,3)4/h5-10H,1-4H3,(H,18,23). The van der Waals surface area contributed by atoms with Gasteiger partial charge in [-0.1, -0.05) is 32.9 Å². The number of hydrogen-bond donors (Lipinski definition) is 1. The zero-order chi connectivity index (χ0) is 16.6. The molecular formula is C17H19N5O. The molecule has 0 saturated heterocycles. The second-order valence-corrected chi connectivity index (χ2v) is 6.52. The summed E-state index contributed by atoms with van der Waals surface area (Å²) in [6.45, 7) is 7.52. The zero-order valence-corrected chi connectivity index (χ0v) is 13.7. The summed E-state index contributed by atoms with van der Waals surface area (Å²) in [7, 11) is 0. The molecule has 23 heavy (non-hydrogen) atoms. The van der Waals surface area contributed by atoms with Gasteiger partial charge in [0.25, 0.3) is 0 Å². The second kappa shape index (κ2) is 5.46. The van der Waals surface area contributed by atoms with Crippen LogP contribution in [0.15, 0.2) is 36.4 Å². The Hall–Kier alpha value is -2.76. The topological polar surface area (TPSA) is 72.2 Å². The predicted octanol–water partition coefficient (Wildman–Crippen LogP) is 3.08. The summed E-state index contributed by atoms with van der Waals surface area (Å²) in [5.41, 5.74) is 2.87. The first-order valence-corrected chi connectivity index (χ1v) is 7.45. The maximum Gasteiger partial charge on any atom is 0.229 e. The molecule has 0 bridgehead atoms. The highest BCUT2D eigenvalue weighted by Crippen LogP contribution is 2.22. The van der Waals surface area contributed by atoms with Gasteiger partial charge in [-0.15, -0.1) is 10.2 Å². The van der Waals surface area contributed by atoms with E-state index in [1.54, 1.807) is 4.52 Å². The van der Waals surface area contributed by atoms with E-state index >= 15 is 0 Å². The highest BCUT2D eigenvalue weighted by molar-refractivity contribution is 5.94. The van der Waals surface area contributed by atoms with Crippen molar-refractivity contribution in [2.45, 2.75) is 27.7 Å². The smallest absolute Gasteiger partial charge is 0.229 e. The number of nitrogens with zero attached hydrogens (tertiary/aromatic N) is 4. The molecule has 0 unspecified atom stereocenters. The maximum absolute atomic E-state index is 12.0. The lowest BCUT2D eigenvalue weighted by molar-refractivity contribution is -0.123. The summed E-state index contributed by atoms with van der Waals surface area (Å²) in [4.78, 5) is 12.0. The van der Waals surface area contributed by atoms with Gasteiger partial charge in [0, 0.05) is 16.7 Å². The number of aromatic nitrogens is 4. The second-order valence-electron chi connectivity index (χ2n) is 6.52. The Kier molecular flexibility index (Phi) is 3.60. The van der Waals surface area contributed by atoms with Crippen LogP contribution in [0.1, 0.15) is 26.6 Å². The Labute approximate surface area is 134 Å². The first kappa shape index (κ1) is 15.1. The average molecular weight is 309 g/mol. The molecule has 0 aliphatic rings.